The lowest BCUT2D eigenvalue weighted by molar-refractivity contribution is 0.0699. The van der Waals surface area contributed by atoms with Crippen molar-refractivity contribution in [2.45, 2.75) is 19.4 Å². The van der Waals surface area contributed by atoms with Gasteiger partial charge < -0.3 is 21.3 Å². The molecule has 1 aromatic heterocycles. The van der Waals surface area contributed by atoms with Gasteiger partial charge in [-0.25, -0.2) is 4.79 Å². The van der Waals surface area contributed by atoms with Gasteiger partial charge in [0.2, 0.25) is 5.91 Å². The highest BCUT2D eigenvalue weighted by atomic mass is 35.5. The number of rotatable bonds is 5. The van der Waals surface area contributed by atoms with E-state index in [0.717, 1.165) is 4.88 Å². The number of hydrogen-bond donors (Lipinski definition) is 4. The van der Waals surface area contributed by atoms with Crippen LogP contribution >= 0.6 is 22.9 Å². The molecule has 0 bridgehead atoms. The zero-order chi connectivity index (χ0) is 22.3. The number of carboxylic acid groups (broad SMARTS) is 1. The van der Waals surface area contributed by atoms with Crippen LogP contribution in [0.25, 0.3) is 11.1 Å². The van der Waals surface area contributed by atoms with Crippen molar-refractivity contribution >= 4 is 45.7 Å². The minimum atomic E-state index is -1.18. The number of halogens is 1. The number of aromatic carboxylic acids is 1. The maximum atomic E-state index is 12.8. The average molecular weight is 457 g/mol. The molecule has 4 rings (SSSR count). The Morgan fingerprint density at radius 1 is 1.16 bits per heavy atom. The summed E-state index contributed by atoms with van der Waals surface area (Å²) in [6.45, 7) is -0.256. The number of fused-ring (bicyclic) bond motifs is 3. The fraction of sp³-hybridized carbons (Fsp3) is 0.136. The standard InChI is InChI=1S/C22H17ClN2O5S/c23-15-8-10(4-5-11(15)9-26)20(28)25-21-18(22(29)30)17-13-2-1-3-14(19(24)27)12(13)6-7-16(17)31-21/h1-5,8,26H,6-7,9H2,(H2,24,27)(H,25,28)(H,29,30). The van der Waals surface area contributed by atoms with Crippen LogP contribution in [-0.4, -0.2) is 28.0 Å². The summed E-state index contributed by atoms with van der Waals surface area (Å²) >= 11 is 7.27. The van der Waals surface area contributed by atoms with Crippen molar-refractivity contribution in [3.05, 3.63) is 74.1 Å². The third-order valence-corrected chi connectivity index (χ3v) is 6.74. The molecule has 2 aromatic carbocycles. The molecule has 0 saturated heterocycles. The number of nitrogens with two attached hydrogens (primary N) is 1. The molecule has 0 fully saturated rings. The van der Waals surface area contributed by atoms with E-state index in [9.17, 15) is 24.6 Å². The number of carbonyl (C=O) groups is 3. The fourth-order valence-corrected chi connectivity index (χ4v) is 5.22. The Morgan fingerprint density at radius 3 is 2.58 bits per heavy atom. The van der Waals surface area contributed by atoms with Crippen LogP contribution in [0.5, 0.6) is 0 Å². The fourth-order valence-electron chi connectivity index (χ4n) is 3.78. The molecule has 0 unspecified atom stereocenters. The average Bonchev–Trinajstić information content (AvgIpc) is 3.11. The first-order valence-electron chi connectivity index (χ1n) is 9.33. The van der Waals surface area contributed by atoms with E-state index in [0.29, 0.717) is 40.7 Å². The number of benzene rings is 2. The van der Waals surface area contributed by atoms with Crippen molar-refractivity contribution in [3.63, 3.8) is 0 Å². The zero-order valence-corrected chi connectivity index (χ0v) is 17.6. The summed E-state index contributed by atoms with van der Waals surface area (Å²) < 4.78 is 0. The second-order valence-corrected chi connectivity index (χ2v) is 8.54. The zero-order valence-electron chi connectivity index (χ0n) is 16.1. The van der Waals surface area contributed by atoms with Crippen molar-refractivity contribution < 1.29 is 24.6 Å². The quantitative estimate of drug-likeness (QED) is 0.465. The minimum Gasteiger partial charge on any atom is -0.478 e. The molecule has 2 amide bonds. The summed E-state index contributed by atoms with van der Waals surface area (Å²) in [6, 6.07) is 9.52. The van der Waals surface area contributed by atoms with Gasteiger partial charge in [0.15, 0.2) is 0 Å². The van der Waals surface area contributed by atoms with Crippen molar-refractivity contribution in [3.8, 4) is 11.1 Å². The van der Waals surface area contributed by atoms with E-state index in [-0.39, 0.29) is 27.8 Å². The highest BCUT2D eigenvalue weighted by Crippen LogP contribution is 2.46. The summed E-state index contributed by atoms with van der Waals surface area (Å²) in [5, 5.41) is 22.3. The van der Waals surface area contributed by atoms with E-state index in [1.165, 1.54) is 29.5 Å². The van der Waals surface area contributed by atoms with E-state index in [1.54, 1.807) is 18.2 Å². The van der Waals surface area contributed by atoms with Gasteiger partial charge in [-0.2, -0.15) is 0 Å². The Balaban J connectivity index is 1.78. The molecule has 5 N–H and O–H groups in total. The van der Waals surface area contributed by atoms with Gasteiger partial charge in [-0.1, -0.05) is 29.8 Å². The minimum absolute atomic E-state index is 0.0194. The first-order chi connectivity index (χ1) is 14.8. The number of anilines is 1. The number of carboxylic acids is 1. The Morgan fingerprint density at radius 2 is 1.94 bits per heavy atom. The molecular weight excluding hydrogens is 440 g/mol. The van der Waals surface area contributed by atoms with Gasteiger partial charge in [-0.15, -0.1) is 11.3 Å². The topological polar surface area (TPSA) is 130 Å². The highest BCUT2D eigenvalue weighted by molar-refractivity contribution is 7.17. The molecule has 0 aliphatic heterocycles. The third-order valence-electron chi connectivity index (χ3n) is 5.22. The van der Waals surface area contributed by atoms with Gasteiger partial charge in [0.1, 0.15) is 10.6 Å². The number of aryl methyl sites for hydroxylation is 1. The highest BCUT2D eigenvalue weighted by Gasteiger charge is 2.31. The number of hydrogen-bond acceptors (Lipinski definition) is 5. The predicted molar refractivity (Wildman–Crippen MR) is 118 cm³/mol. The van der Waals surface area contributed by atoms with Crippen LogP contribution in [0.4, 0.5) is 5.00 Å². The van der Waals surface area contributed by atoms with Crippen molar-refractivity contribution in [2.75, 3.05) is 5.32 Å². The second kappa shape index (κ2) is 8.14. The molecule has 1 aliphatic carbocycles. The number of primary amides is 1. The first-order valence-corrected chi connectivity index (χ1v) is 10.5. The van der Waals surface area contributed by atoms with Crippen molar-refractivity contribution in [2.24, 2.45) is 5.73 Å². The van der Waals surface area contributed by atoms with Gasteiger partial charge in [0.05, 0.1) is 6.61 Å². The van der Waals surface area contributed by atoms with Crippen LogP contribution in [0.2, 0.25) is 5.02 Å². The van der Waals surface area contributed by atoms with E-state index in [2.05, 4.69) is 5.32 Å². The monoisotopic (exact) mass is 456 g/mol. The number of aliphatic hydroxyl groups excluding tert-OH is 1. The van der Waals surface area contributed by atoms with E-state index in [1.807, 2.05) is 0 Å². The molecule has 0 radical (unpaired) electrons. The molecule has 1 aliphatic rings. The van der Waals surface area contributed by atoms with Crippen LogP contribution in [0.15, 0.2) is 36.4 Å². The van der Waals surface area contributed by atoms with Gasteiger partial charge >= 0.3 is 5.97 Å². The maximum absolute atomic E-state index is 12.8. The lowest BCUT2D eigenvalue weighted by Crippen LogP contribution is -2.17. The van der Waals surface area contributed by atoms with E-state index >= 15 is 0 Å². The van der Waals surface area contributed by atoms with Gasteiger partial charge in [-0.3, -0.25) is 9.59 Å². The van der Waals surface area contributed by atoms with Crippen LogP contribution in [0.1, 0.15) is 47.1 Å². The molecule has 9 heteroatoms. The molecule has 158 valence electrons. The largest absolute Gasteiger partial charge is 0.478 e. The molecule has 0 spiro atoms. The molecule has 0 atom stereocenters. The van der Waals surface area contributed by atoms with Crippen LogP contribution in [0, 0.1) is 0 Å². The van der Waals surface area contributed by atoms with Gasteiger partial charge in [0.25, 0.3) is 5.91 Å². The molecule has 1 heterocycles. The Hall–Kier alpha value is -3.20. The summed E-state index contributed by atoms with van der Waals surface area (Å²) in [4.78, 5) is 37.5. The van der Waals surface area contributed by atoms with Gasteiger partial charge in [0, 0.05) is 26.6 Å². The lowest BCUT2D eigenvalue weighted by atomic mass is 9.85. The molecular formula is C22H17ClN2O5S. The Kier molecular flexibility index (Phi) is 5.53. The van der Waals surface area contributed by atoms with Crippen molar-refractivity contribution in [1.82, 2.24) is 0 Å². The summed E-state index contributed by atoms with van der Waals surface area (Å²) in [5.74, 6) is -2.26. The predicted octanol–water partition coefficient (Wildman–Crippen LogP) is 3.71. The number of thiophene rings is 1. The Bertz CT molecular complexity index is 1250. The third kappa shape index (κ3) is 3.69. The number of aliphatic hydroxyl groups is 1. The second-order valence-electron chi connectivity index (χ2n) is 7.02. The first kappa shape index (κ1) is 21.0. The van der Waals surface area contributed by atoms with Crippen LogP contribution in [-0.2, 0) is 19.4 Å². The maximum Gasteiger partial charge on any atom is 0.339 e. The van der Waals surface area contributed by atoms with E-state index in [4.69, 9.17) is 17.3 Å². The summed E-state index contributed by atoms with van der Waals surface area (Å²) in [7, 11) is 0. The van der Waals surface area contributed by atoms with Gasteiger partial charge in [-0.05, 0) is 47.7 Å². The number of amides is 2. The van der Waals surface area contributed by atoms with Crippen molar-refractivity contribution in [1.29, 1.82) is 0 Å². The molecule has 3 aromatic rings. The normalized spacial score (nSPS) is 12.1. The number of carbonyl (C=O) groups excluding carboxylic acids is 2. The molecule has 0 saturated carbocycles. The summed E-state index contributed by atoms with van der Waals surface area (Å²) in [6.07, 6.45) is 1.08. The van der Waals surface area contributed by atoms with Crippen LogP contribution in [0.3, 0.4) is 0 Å². The smallest absolute Gasteiger partial charge is 0.339 e. The lowest BCUT2D eigenvalue weighted by Gasteiger charge is -2.19. The molecule has 31 heavy (non-hydrogen) atoms. The van der Waals surface area contributed by atoms with E-state index < -0.39 is 17.8 Å². The summed E-state index contributed by atoms with van der Waals surface area (Å²) in [5.41, 5.74) is 8.42. The molecule has 7 nitrogen and oxygen atoms in total. The Labute approximate surface area is 186 Å². The van der Waals surface area contributed by atoms with Crippen LogP contribution < -0.4 is 11.1 Å². The SMILES string of the molecule is NC(=O)c1cccc2c1CCc1sc(NC(=O)c3ccc(CO)c(Cl)c3)c(C(=O)O)c1-2. The number of nitrogens with one attached hydrogen (secondary N) is 1.